The van der Waals surface area contributed by atoms with E-state index in [-0.39, 0.29) is 4.90 Å². The van der Waals surface area contributed by atoms with Gasteiger partial charge in [-0.2, -0.15) is 9.57 Å². The Kier molecular flexibility index (Phi) is 5.22. The zero-order valence-electron chi connectivity index (χ0n) is 15.4. The van der Waals surface area contributed by atoms with Crippen molar-refractivity contribution in [3.05, 3.63) is 53.6 Å². The van der Waals surface area contributed by atoms with Crippen molar-refractivity contribution in [3.8, 4) is 17.6 Å². The van der Waals surface area contributed by atoms with Crippen LogP contribution in [0.3, 0.4) is 0 Å². The highest BCUT2D eigenvalue weighted by Gasteiger charge is 2.29. The molecule has 146 valence electrons. The highest BCUT2D eigenvalue weighted by molar-refractivity contribution is 7.89. The zero-order chi connectivity index (χ0) is 19.6. The van der Waals surface area contributed by atoms with Crippen molar-refractivity contribution in [2.75, 3.05) is 39.4 Å². The fourth-order valence-corrected chi connectivity index (χ4v) is 4.91. The van der Waals surface area contributed by atoms with Gasteiger partial charge < -0.3 is 9.47 Å². The Bertz CT molecular complexity index is 1010. The number of hydrogen-bond acceptors (Lipinski definition) is 6. The van der Waals surface area contributed by atoms with Gasteiger partial charge in [0.1, 0.15) is 13.2 Å². The van der Waals surface area contributed by atoms with Crippen LogP contribution in [0.4, 0.5) is 0 Å². The molecule has 0 aliphatic carbocycles. The van der Waals surface area contributed by atoms with E-state index in [1.165, 1.54) is 4.31 Å². The third-order valence-electron chi connectivity index (χ3n) is 5.01. The Morgan fingerprint density at radius 2 is 1.68 bits per heavy atom. The van der Waals surface area contributed by atoms with Crippen LogP contribution in [0.25, 0.3) is 0 Å². The molecule has 7 nitrogen and oxygen atoms in total. The van der Waals surface area contributed by atoms with E-state index in [0.717, 1.165) is 5.56 Å². The Morgan fingerprint density at radius 1 is 0.964 bits per heavy atom. The first-order valence-corrected chi connectivity index (χ1v) is 10.6. The molecule has 2 heterocycles. The number of sulfonamides is 1. The molecule has 8 heteroatoms. The molecular formula is C20H21N3O4S. The number of fused-ring (bicyclic) bond motifs is 1. The predicted octanol–water partition coefficient (Wildman–Crippen LogP) is 1.84. The molecule has 2 aromatic rings. The standard InChI is InChI=1S/C20H21N3O4S/c21-14-16-3-1-2-4-17(16)15-22-7-9-23(10-8-22)28(24,25)18-5-6-19-20(13-18)27-12-11-26-19/h1-6,13H,7-12,15H2. The summed E-state index contributed by atoms with van der Waals surface area (Å²) in [5.41, 5.74) is 1.63. The van der Waals surface area contributed by atoms with Crippen LogP contribution in [-0.2, 0) is 16.6 Å². The van der Waals surface area contributed by atoms with Crippen molar-refractivity contribution in [2.24, 2.45) is 0 Å². The van der Waals surface area contributed by atoms with E-state index in [1.807, 2.05) is 18.2 Å². The monoisotopic (exact) mass is 399 g/mol. The van der Waals surface area contributed by atoms with Gasteiger partial charge >= 0.3 is 0 Å². The normalized spacial score (nSPS) is 17.8. The number of nitrogens with zero attached hydrogens (tertiary/aromatic N) is 3. The molecule has 2 aliphatic rings. The third-order valence-corrected chi connectivity index (χ3v) is 6.91. The van der Waals surface area contributed by atoms with Crippen LogP contribution in [0.15, 0.2) is 47.4 Å². The quantitative estimate of drug-likeness (QED) is 0.780. The lowest BCUT2D eigenvalue weighted by Gasteiger charge is -2.34. The molecule has 0 saturated carbocycles. The second-order valence-corrected chi connectivity index (χ2v) is 8.69. The highest BCUT2D eigenvalue weighted by atomic mass is 32.2. The molecule has 1 fully saturated rings. The van der Waals surface area contributed by atoms with Crippen LogP contribution < -0.4 is 9.47 Å². The van der Waals surface area contributed by atoms with Gasteiger partial charge in [-0.25, -0.2) is 8.42 Å². The molecule has 28 heavy (non-hydrogen) atoms. The van der Waals surface area contributed by atoms with Crippen molar-refractivity contribution in [2.45, 2.75) is 11.4 Å². The third kappa shape index (κ3) is 3.69. The average molecular weight is 399 g/mol. The highest BCUT2D eigenvalue weighted by Crippen LogP contribution is 2.33. The summed E-state index contributed by atoms with van der Waals surface area (Å²) in [6.45, 7) is 3.57. The molecular weight excluding hydrogens is 378 g/mol. The minimum Gasteiger partial charge on any atom is -0.486 e. The summed E-state index contributed by atoms with van der Waals surface area (Å²) in [5, 5.41) is 9.23. The maximum absolute atomic E-state index is 13.0. The first-order valence-electron chi connectivity index (χ1n) is 9.18. The lowest BCUT2D eigenvalue weighted by molar-refractivity contribution is 0.170. The number of piperazine rings is 1. The molecule has 0 atom stereocenters. The molecule has 0 bridgehead atoms. The van der Waals surface area contributed by atoms with Crippen LogP contribution in [0.5, 0.6) is 11.5 Å². The molecule has 4 rings (SSSR count). The fraction of sp³-hybridized carbons (Fsp3) is 0.350. The van der Waals surface area contributed by atoms with Gasteiger partial charge in [0.05, 0.1) is 16.5 Å². The van der Waals surface area contributed by atoms with E-state index in [1.54, 1.807) is 24.3 Å². The minimum absolute atomic E-state index is 0.222. The van der Waals surface area contributed by atoms with Gasteiger partial charge in [-0.1, -0.05) is 18.2 Å². The molecule has 0 radical (unpaired) electrons. The largest absolute Gasteiger partial charge is 0.486 e. The lowest BCUT2D eigenvalue weighted by Crippen LogP contribution is -2.48. The van der Waals surface area contributed by atoms with E-state index >= 15 is 0 Å². The molecule has 2 aromatic carbocycles. The molecule has 0 unspecified atom stereocenters. The van der Waals surface area contributed by atoms with E-state index in [0.29, 0.717) is 63.0 Å². The minimum atomic E-state index is -3.59. The maximum Gasteiger partial charge on any atom is 0.243 e. The van der Waals surface area contributed by atoms with Crippen LogP contribution in [0, 0.1) is 11.3 Å². The zero-order valence-corrected chi connectivity index (χ0v) is 16.2. The van der Waals surface area contributed by atoms with Gasteiger partial charge in [-0.05, 0) is 23.8 Å². The van der Waals surface area contributed by atoms with Crippen molar-refractivity contribution in [3.63, 3.8) is 0 Å². The summed E-state index contributed by atoms with van der Waals surface area (Å²) in [4.78, 5) is 2.39. The van der Waals surface area contributed by atoms with Gasteiger partial charge in [-0.3, -0.25) is 4.90 Å². The van der Waals surface area contributed by atoms with Gasteiger partial charge in [0.2, 0.25) is 10.0 Å². The Balaban J connectivity index is 1.44. The summed E-state index contributed by atoms with van der Waals surface area (Å²) < 4.78 is 38.5. The summed E-state index contributed by atoms with van der Waals surface area (Å²) in [7, 11) is -3.59. The Labute approximate surface area is 164 Å². The fourth-order valence-electron chi connectivity index (χ4n) is 3.47. The smallest absolute Gasteiger partial charge is 0.243 e. The van der Waals surface area contributed by atoms with Crippen molar-refractivity contribution >= 4 is 10.0 Å². The first kappa shape index (κ1) is 18.7. The first-order chi connectivity index (χ1) is 13.6. The van der Waals surface area contributed by atoms with Crippen molar-refractivity contribution < 1.29 is 17.9 Å². The van der Waals surface area contributed by atoms with Gasteiger partial charge in [0, 0.05) is 38.8 Å². The van der Waals surface area contributed by atoms with Crippen LogP contribution in [0.1, 0.15) is 11.1 Å². The van der Waals surface area contributed by atoms with Crippen LogP contribution >= 0.6 is 0 Å². The Morgan fingerprint density at radius 3 is 2.43 bits per heavy atom. The summed E-state index contributed by atoms with van der Waals surface area (Å²) in [5.74, 6) is 1.05. The number of ether oxygens (including phenoxy) is 2. The van der Waals surface area contributed by atoms with Crippen molar-refractivity contribution in [1.82, 2.24) is 9.21 Å². The second kappa shape index (κ2) is 7.80. The topological polar surface area (TPSA) is 82.9 Å². The number of benzene rings is 2. The molecule has 1 saturated heterocycles. The van der Waals surface area contributed by atoms with E-state index in [4.69, 9.17) is 9.47 Å². The number of nitriles is 1. The van der Waals surface area contributed by atoms with E-state index in [9.17, 15) is 13.7 Å². The lowest BCUT2D eigenvalue weighted by atomic mass is 10.1. The molecule has 0 amide bonds. The molecule has 0 aromatic heterocycles. The second-order valence-electron chi connectivity index (χ2n) is 6.75. The summed E-state index contributed by atoms with van der Waals surface area (Å²) in [6.07, 6.45) is 0. The van der Waals surface area contributed by atoms with Crippen LogP contribution in [0.2, 0.25) is 0 Å². The molecule has 0 N–H and O–H groups in total. The van der Waals surface area contributed by atoms with Gasteiger partial charge in [-0.15, -0.1) is 0 Å². The molecule has 2 aliphatic heterocycles. The number of rotatable bonds is 4. The Hall–Kier alpha value is -2.60. The van der Waals surface area contributed by atoms with Crippen LogP contribution in [-0.4, -0.2) is 57.0 Å². The SMILES string of the molecule is N#Cc1ccccc1CN1CCN(S(=O)(=O)c2ccc3c(c2)OCCO3)CC1. The maximum atomic E-state index is 13.0. The average Bonchev–Trinajstić information content (AvgIpc) is 2.74. The van der Waals surface area contributed by atoms with Gasteiger partial charge in [0.15, 0.2) is 11.5 Å². The van der Waals surface area contributed by atoms with Gasteiger partial charge in [0.25, 0.3) is 0 Å². The predicted molar refractivity (Wildman–Crippen MR) is 103 cm³/mol. The van der Waals surface area contributed by atoms with E-state index in [2.05, 4.69) is 11.0 Å². The van der Waals surface area contributed by atoms with E-state index < -0.39 is 10.0 Å². The summed E-state index contributed by atoms with van der Waals surface area (Å²) >= 11 is 0. The number of hydrogen-bond donors (Lipinski definition) is 0. The molecule has 0 spiro atoms. The summed E-state index contributed by atoms with van der Waals surface area (Å²) in [6, 6.07) is 14.5. The van der Waals surface area contributed by atoms with Crippen molar-refractivity contribution in [1.29, 1.82) is 5.26 Å².